The van der Waals surface area contributed by atoms with E-state index in [0.717, 1.165) is 31.7 Å². The molecule has 1 aromatic carbocycles. The molecule has 2 nitrogen and oxygen atoms in total. The topological polar surface area (TPSA) is 21.3 Å². The molecule has 3 heteroatoms. The lowest BCUT2D eigenvalue weighted by Crippen LogP contribution is -2.36. The zero-order chi connectivity index (χ0) is 13.8. The molecule has 2 aliphatic rings. The Morgan fingerprint density at radius 2 is 2.15 bits per heavy atom. The van der Waals surface area contributed by atoms with Crippen LogP contribution in [0.4, 0.5) is 0 Å². The summed E-state index contributed by atoms with van der Waals surface area (Å²) in [7, 11) is 0. The molecule has 0 radical (unpaired) electrons. The summed E-state index contributed by atoms with van der Waals surface area (Å²) in [4.78, 5) is 0. The normalized spacial score (nSPS) is 19.9. The summed E-state index contributed by atoms with van der Waals surface area (Å²) in [6.07, 6.45) is 10.1. The minimum Gasteiger partial charge on any atom is -0.493 e. The molecule has 0 saturated heterocycles. The third-order valence-corrected chi connectivity index (χ3v) is 6.16. The fourth-order valence-corrected chi connectivity index (χ4v) is 4.36. The maximum atomic E-state index is 5.56. The second kappa shape index (κ2) is 6.40. The maximum Gasteiger partial charge on any atom is 0.122 e. The van der Waals surface area contributed by atoms with Crippen LogP contribution in [-0.4, -0.2) is 30.7 Å². The van der Waals surface area contributed by atoms with Crippen molar-refractivity contribution >= 4 is 11.8 Å². The Kier molecular flexibility index (Phi) is 4.57. The Bertz CT molecular complexity index is 454. The van der Waals surface area contributed by atoms with Gasteiger partial charge in [-0.1, -0.05) is 25.0 Å². The standard InChI is InChI=1S/C17H25NOS/c1-20-17(8-2-3-9-17)13-18-10-6-14-4-5-16-15(12-14)7-11-19-16/h4-5,12,18H,2-3,6-11,13H2,1H3. The molecule has 3 rings (SSSR count). The first-order chi connectivity index (χ1) is 9.81. The molecule has 1 aliphatic carbocycles. The van der Waals surface area contributed by atoms with Crippen LogP contribution in [0.25, 0.3) is 0 Å². The van der Waals surface area contributed by atoms with Crippen LogP contribution in [0, 0.1) is 0 Å². The van der Waals surface area contributed by atoms with Crippen LogP contribution in [0.15, 0.2) is 18.2 Å². The number of thioether (sulfide) groups is 1. The van der Waals surface area contributed by atoms with E-state index in [9.17, 15) is 0 Å². The average Bonchev–Trinajstić information content (AvgIpc) is 3.13. The van der Waals surface area contributed by atoms with E-state index in [0.29, 0.717) is 4.75 Å². The van der Waals surface area contributed by atoms with Crippen molar-refractivity contribution in [2.75, 3.05) is 26.0 Å². The first kappa shape index (κ1) is 14.3. The molecular weight excluding hydrogens is 266 g/mol. The van der Waals surface area contributed by atoms with E-state index in [4.69, 9.17) is 4.74 Å². The van der Waals surface area contributed by atoms with Crippen molar-refractivity contribution < 1.29 is 4.74 Å². The van der Waals surface area contributed by atoms with Crippen molar-refractivity contribution in [3.63, 3.8) is 0 Å². The molecule has 0 bridgehead atoms. The van der Waals surface area contributed by atoms with Gasteiger partial charge in [0.1, 0.15) is 5.75 Å². The van der Waals surface area contributed by atoms with Crippen LogP contribution in [-0.2, 0) is 12.8 Å². The number of rotatable bonds is 6. The molecular formula is C17H25NOS. The van der Waals surface area contributed by atoms with Crippen LogP contribution in [0.5, 0.6) is 5.75 Å². The first-order valence-corrected chi connectivity index (χ1v) is 9.04. The van der Waals surface area contributed by atoms with E-state index in [1.807, 2.05) is 0 Å². The summed E-state index contributed by atoms with van der Waals surface area (Å²) in [5.41, 5.74) is 2.82. The molecule has 0 spiro atoms. The van der Waals surface area contributed by atoms with Crippen molar-refractivity contribution in [3.8, 4) is 5.75 Å². The lowest BCUT2D eigenvalue weighted by Gasteiger charge is -2.27. The van der Waals surface area contributed by atoms with E-state index in [2.05, 4.69) is 41.5 Å². The number of hydrogen-bond acceptors (Lipinski definition) is 3. The molecule has 0 aromatic heterocycles. The van der Waals surface area contributed by atoms with Gasteiger partial charge in [-0.25, -0.2) is 0 Å². The molecule has 0 unspecified atom stereocenters. The predicted molar refractivity (Wildman–Crippen MR) is 86.9 cm³/mol. The lowest BCUT2D eigenvalue weighted by molar-refractivity contribution is 0.357. The van der Waals surface area contributed by atoms with Gasteiger partial charge in [-0.15, -0.1) is 0 Å². The third-order valence-electron chi connectivity index (χ3n) is 4.74. The fourth-order valence-electron chi connectivity index (χ4n) is 3.42. The molecule has 1 fully saturated rings. The zero-order valence-electron chi connectivity index (χ0n) is 12.4. The summed E-state index contributed by atoms with van der Waals surface area (Å²) in [5.74, 6) is 1.09. The molecule has 0 amide bonds. The quantitative estimate of drug-likeness (QED) is 0.811. The minimum atomic E-state index is 0.520. The van der Waals surface area contributed by atoms with Crippen LogP contribution in [0.2, 0.25) is 0 Å². The Balaban J connectivity index is 1.46. The largest absolute Gasteiger partial charge is 0.493 e. The molecule has 1 saturated carbocycles. The number of nitrogens with one attached hydrogen (secondary N) is 1. The number of hydrogen-bond donors (Lipinski definition) is 1. The van der Waals surface area contributed by atoms with Crippen molar-refractivity contribution in [1.29, 1.82) is 0 Å². The smallest absolute Gasteiger partial charge is 0.122 e. The summed E-state index contributed by atoms with van der Waals surface area (Å²) < 4.78 is 6.08. The van der Waals surface area contributed by atoms with Crippen molar-refractivity contribution in [3.05, 3.63) is 29.3 Å². The minimum absolute atomic E-state index is 0.520. The van der Waals surface area contributed by atoms with Gasteiger partial charge in [-0.05, 0) is 49.3 Å². The number of ether oxygens (including phenoxy) is 1. The van der Waals surface area contributed by atoms with Gasteiger partial charge in [-0.3, -0.25) is 0 Å². The van der Waals surface area contributed by atoms with Crippen LogP contribution >= 0.6 is 11.8 Å². The summed E-state index contributed by atoms with van der Waals surface area (Å²) in [6, 6.07) is 6.67. The van der Waals surface area contributed by atoms with E-state index >= 15 is 0 Å². The Morgan fingerprint density at radius 3 is 2.95 bits per heavy atom. The van der Waals surface area contributed by atoms with E-state index in [1.54, 1.807) is 0 Å². The molecule has 110 valence electrons. The second-order valence-electron chi connectivity index (χ2n) is 6.06. The highest BCUT2D eigenvalue weighted by Crippen LogP contribution is 2.39. The summed E-state index contributed by atoms with van der Waals surface area (Å²) in [5, 5.41) is 3.68. The van der Waals surface area contributed by atoms with Crippen LogP contribution in [0.3, 0.4) is 0 Å². The first-order valence-electron chi connectivity index (χ1n) is 7.82. The van der Waals surface area contributed by atoms with Crippen molar-refractivity contribution in [2.24, 2.45) is 0 Å². The van der Waals surface area contributed by atoms with Gasteiger partial charge in [0.15, 0.2) is 0 Å². The maximum absolute atomic E-state index is 5.56. The predicted octanol–water partition coefficient (Wildman–Crippen LogP) is 3.43. The van der Waals surface area contributed by atoms with Crippen molar-refractivity contribution in [1.82, 2.24) is 5.32 Å². The van der Waals surface area contributed by atoms with Gasteiger partial charge in [0.2, 0.25) is 0 Å². The van der Waals surface area contributed by atoms with Crippen LogP contribution < -0.4 is 10.1 Å². The van der Waals surface area contributed by atoms with E-state index < -0.39 is 0 Å². The van der Waals surface area contributed by atoms with Crippen molar-refractivity contribution in [2.45, 2.75) is 43.3 Å². The molecule has 20 heavy (non-hydrogen) atoms. The van der Waals surface area contributed by atoms with Gasteiger partial charge < -0.3 is 10.1 Å². The highest BCUT2D eigenvalue weighted by Gasteiger charge is 2.32. The van der Waals surface area contributed by atoms with Gasteiger partial charge in [0.05, 0.1) is 6.61 Å². The second-order valence-corrected chi connectivity index (χ2v) is 7.34. The zero-order valence-corrected chi connectivity index (χ0v) is 13.2. The summed E-state index contributed by atoms with van der Waals surface area (Å²) >= 11 is 2.06. The van der Waals surface area contributed by atoms with Gasteiger partial charge >= 0.3 is 0 Å². The lowest BCUT2D eigenvalue weighted by atomic mass is 10.1. The highest BCUT2D eigenvalue weighted by atomic mass is 32.2. The Hall–Kier alpha value is -0.670. The summed E-state index contributed by atoms with van der Waals surface area (Å²) in [6.45, 7) is 3.11. The van der Waals surface area contributed by atoms with Gasteiger partial charge in [-0.2, -0.15) is 11.8 Å². The molecule has 1 aliphatic heterocycles. The molecule has 0 atom stereocenters. The SMILES string of the molecule is CSC1(CNCCc2ccc3c(c2)CCO3)CCCC1. The van der Waals surface area contributed by atoms with E-state index in [1.165, 1.54) is 43.4 Å². The third kappa shape index (κ3) is 3.15. The monoisotopic (exact) mass is 291 g/mol. The van der Waals surface area contributed by atoms with Gasteiger partial charge in [0.25, 0.3) is 0 Å². The van der Waals surface area contributed by atoms with Gasteiger partial charge in [0, 0.05) is 17.7 Å². The van der Waals surface area contributed by atoms with Crippen LogP contribution in [0.1, 0.15) is 36.8 Å². The molecule has 1 aromatic rings. The number of fused-ring (bicyclic) bond motifs is 1. The molecule has 1 N–H and O–H groups in total. The average molecular weight is 291 g/mol. The number of benzene rings is 1. The highest BCUT2D eigenvalue weighted by molar-refractivity contribution is 8.00. The Labute approximate surface area is 126 Å². The van der Waals surface area contributed by atoms with E-state index in [-0.39, 0.29) is 0 Å². The Morgan fingerprint density at radius 1 is 1.30 bits per heavy atom. The molecule has 1 heterocycles. The fraction of sp³-hybridized carbons (Fsp3) is 0.647.